The molecule has 2 aromatic heterocycles. The average molecular weight is 597 g/mol. The monoisotopic (exact) mass is 596 g/mol. The largest absolute Gasteiger partial charge is 0.438 e. The number of rotatable bonds is 10. The topological polar surface area (TPSA) is 84.7 Å². The van der Waals surface area contributed by atoms with Crippen molar-refractivity contribution in [2.45, 2.75) is 39.3 Å². The summed E-state index contributed by atoms with van der Waals surface area (Å²) in [5, 5.41) is 3.54. The van der Waals surface area contributed by atoms with Crippen molar-refractivity contribution >= 4 is 36.4 Å². The zero-order valence-electron chi connectivity index (χ0n) is 25.7. The molecule has 10 heteroatoms. The first-order chi connectivity index (χ1) is 20.7. The molecule has 0 aliphatic carbocycles. The van der Waals surface area contributed by atoms with Gasteiger partial charge in [0.2, 0.25) is 5.88 Å². The third-order valence-corrected chi connectivity index (χ3v) is 9.15. The van der Waals surface area contributed by atoms with Crippen LogP contribution in [-0.2, 0) is 16.3 Å². The van der Waals surface area contributed by atoms with Gasteiger partial charge >= 0.3 is 0 Å². The molecule has 1 saturated heterocycles. The number of benzene rings is 2. The predicted octanol–water partition coefficient (Wildman–Crippen LogP) is 5.92. The van der Waals surface area contributed by atoms with E-state index < -0.39 is 8.07 Å². The van der Waals surface area contributed by atoms with Crippen molar-refractivity contribution in [2.75, 3.05) is 50.1 Å². The molecule has 2 aromatic carbocycles. The Balaban J connectivity index is 1.45. The summed E-state index contributed by atoms with van der Waals surface area (Å²) in [4.78, 5) is 25.9. The Kier molecular flexibility index (Phi) is 9.45. The van der Waals surface area contributed by atoms with E-state index in [0.29, 0.717) is 30.7 Å². The van der Waals surface area contributed by atoms with Crippen LogP contribution in [0, 0.1) is 11.8 Å². The summed E-state index contributed by atoms with van der Waals surface area (Å²) in [6.07, 6.45) is 1.51. The lowest BCUT2D eigenvalue weighted by Crippen LogP contribution is -2.44. The van der Waals surface area contributed by atoms with Crippen LogP contribution in [-0.4, -0.2) is 73.2 Å². The van der Waals surface area contributed by atoms with Gasteiger partial charge in [-0.15, -0.1) is 0 Å². The van der Waals surface area contributed by atoms with Gasteiger partial charge < -0.3 is 29.2 Å². The van der Waals surface area contributed by atoms with Gasteiger partial charge in [-0.1, -0.05) is 43.8 Å². The molecule has 1 fully saturated rings. The number of nitrogens with zero attached hydrogens (tertiary/aromatic N) is 5. The van der Waals surface area contributed by atoms with Gasteiger partial charge in [0, 0.05) is 58.3 Å². The van der Waals surface area contributed by atoms with Gasteiger partial charge in [-0.25, -0.2) is 9.97 Å². The minimum Gasteiger partial charge on any atom is -0.438 e. The number of anilines is 2. The SMILES string of the molecule is CC#CC(=O)Nc1cccc(Oc2ncnc3c2cc(-c2ccc(N4CCN(C)CC4)cc2)n3COCC[Si](C)(C)C)c1. The van der Waals surface area contributed by atoms with Crippen LogP contribution >= 0.6 is 0 Å². The molecular formula is C33H40N6O3Si. The number of nitrogens with one attached hydrogen (secondary N) is 1. The number of amides is 1. The van der Waals surface area contributed by atoms with Gasteiger partial charge in [0.25, 0.3) is 5.91 Å². The van der Waals surface area contributed by atoms with Crippen LogP contribution in [0.25, 0.3) is 22.3 Å². The van der Waals surface area contributed by atoms with Gasteiger partial charge in [-0.05, 0) is 61.8 Å². The van der Waals surface area contributed by atoms with E-state index in [2.05, 4.69) is 98.5 Å². The molecule has 0 bridgehead atoms. The van der Waals surface area contributed by atoms with Crippen molar-refractivity contribution in [3.05, 3.63) is 60.9 Å². The number of fused-ring (bicyclic) bond motifs is 1. The van der Waals surface area contributed by atoms with E-state index in [1.165, 1.54) is 12.0 Å². The van der Waals surface area contributed by atoms with E-state index in [1.807, 2.05) is 12.1 Å². The van der Waals surface area contributed by atoms with Crippen molar-refractivity contribution in [1.82, 2.24) is 19.4 Å². The van der Waals surface area contributed by atoms with E-state index in [0.717, 1.165) is 54.5 Å². The van der Waals surface area contributed by atoms with Crippen molar-refractivity contribution in [3.8, 4) is 34.7 Å². The van der Waals surface area contributed by atoms with Gasteiger partial charge in [-0.3, -0.25) is 4.79 Å². The number of likely N-dealkylation sites (N-methyl/N-ethyl adjacent to an activating group) is 1. The summed E-state index contributed by atoms with van der Waals surface area (Å²) in [6, 6.07) is 19.0. The highest BCUT2D eigenvalue weighted by Gasteiger charge is 2.19. The predicted molar refractivity (Wildman–Crippen MR) is 175 cm³/mol. The molecule has 0 saturated carbocycles. The van der Waals surface area contributed by atoms with Gasteiger partial charge in [0.15, 0.2) is 0 Å². The second-order valence-corrected chi connectivity index (χ2v) is 17.6. The van der Waals surface area contributed by atoms with E-state index in [4.69, 9.17) is 9.47 Å². The molecule has 4 aromatic rings. The summed E-state index contributed by atoms with van der Waals surface area (Å²) in [5.41, 5.74) is 4.60. The third-order valence-electron chi connectivity index (χ3n) is 7.45. The summed E-state index contributed by atoms with van der Waals surface area (Å²) in [7, 11) is 0.939. The Labute approximate surface area is 254 Å². The molecule has 1 amide bonds. The molecular weight excluding hydrogens is 556 g/mol. The van der Waals surface area contributed by atoms with Crippen molar-refractivity contribution < 1.29 is 14.3 Å². The molecule has 9 nitrogen and oxygen atoms in total. The second-order valence-electron chi connectivity index (χ2n) is 12.0. The average Bonchev–Trinajstić information content (AvgIpc) is 3.35. The van der Waals surface area contributed by atoms with E-state index in [1.54, 1.807) is 19.1 Å². The standard InChI is InChI=1S/C33H40N6O3Si/c1-6-8-31(40)36-26-9-7-10-28(21-26)42-33-29-22-30(25-11-13-27(14-12-25)38-17-15-37(2)16-18-38)39(32(29)34-23-35-33)24-41-19-20-43(3,4)5/h7,9-14,21-23H,15-20,24H2,1-5H3,(H,36,40). The number of carbonyl (C=O) groups is 1. The van der Waals surface area contributed by atoms with Gasteiger partial charge in [0.1, 0.15) is 24.5 Å². The Hall–Kier alpha value is -4.17. The number of aromatic nitrogens is 3. The summed E-state index contributed by atoms with van der Waals surface area (Å²) < 4.78 is 14.6. The van der Waals surface area contributed by atoms with Crippen LogP contribution in [0.3, 0.4) is 0 Å². The Morgan fingerprint density at radius 3 is 2.51 bits per heavy atom. The molecule has 1 aliphatic heterocycles. The van der Waals surface area contributed by atoms with Crippen LogP contribution in [0.5, 0.6) is 11.6 Å². The molecule has 0 atom stereocenters. The molecule has 1 N–H and O–H groups in total. The molecule has 224 valence electrons. The molecule has 3 heterocycles. The number of hydrogen-bond donors (Lipinski definition) is 1. The molecule has 5 rings (SSSR count). The molecule has 1 aliphatic rings. The quantitative estimate of drug-likeness (QED) is 0.138. The van der Waals surface area contributed by atoms with Crippen LogP contribution < -0.4 is 15.0 Å². The lowest BCUT2D eigenvalue weighted by molar-refractivity contribution is -0.111. The minimum absolute atomic E-state index is 0.375. The highest BCUT2D eigenvalue weighted by Crippen LogP contribution is 2.35. The first-order valence-corrected chi connectivity index (χ1v) is 18.4. The maximum Gasteiger partial charge on any atom is 0.300 e. The van der Waals surface area contributed by atoms with E-state index in [9.17, 15) is 4.79 Å². The van der Waals surface area contributed by atoms with Crippen LogP contribution in [0.2, 0.25) is 25.7 Å². The lowest BCUT2D eigenvalue weighted by atomic mass is 10.1. The molecule has 0 unspecified atom stereocenters. The molecule has 43 heavy (non-hydrogen) atoms. The van der Waals surface area contributed by atoms with Crippen LogP contribution in [0.4, 0.5) is 11.4 Å². The Morgan fingerprint density at radius 1 is 1.02 bits per heavy atom. The lowest BCUT2D eigenvalue weighted by Gasteiger charge is -2.34. The van der Waals surface area contributed by atoms with E-state index in [-0.39, 0.29) is 5.91 Å². The van der Waals surface area contributed by atoms with Gasteiger partial charge in [-0.2, -0.15) is 0 Å². The highest BCUT2D eigenvalue weighted by molar-refractivity contribution is 6.76. The summed E-state index contributed by atoms with van der Waals surface area (Å²) in [6.45, 7) is 13.9. The highest BCUT2D eigenvalue weighted by atomic mass is 28.3. The Morgan fingerprint density at radius 2 is 1.79 bits per heavy atom. The zero-order chi connectivity index (χ0) is 30.4. The van der Waals surface area contributed by atoms with Crippen LogP contribution in [0.1, 0.15) is 6.92 Å². The summed E-state index contributed by atoms with van der Waals surface area (Å²) >= 11 is 0. The fraction of sp³-hybridized carbons (Fsp3) is 0.364. The third kappa shape index (κ3) is 7.81. The second kappa shape index (κ2) is 13.4. The molecule has 0 spiro atoms. The van der Waals surface area contributed by atoms with Crippen molar-refractivity contribution in [1.29, 1.82) is 0 Å². The first-order valence-electron chi connectivity index (χ1n) is 14.7. The Bertz CT molecular complexity index is 1630. The van der Waals surface area contributed by atoms with Crippen molar-refractivity contribution in [2.24, 2.45) is 0 Å². The minimum atomic E-state index is -1.23. The summed E-state index contributed by atoms with van der Waals surface area (Å²) in [5.74, 6) is 5.68. The maximum atomic E-state index is 12.0. The number of carbonyl (C=O) groups excluding carboxylic acids is 1. The van der Waals surface area contributed by atoms with Gasteiger partial charge in [0.05, 0.1) is 11.1 Å². The van der Waals surface area contributed by atoms with E-state index >= 15 is 0 Å². The zero-order valence-corrected chi connectivity index (χ0v) is 26.7. The normalized spacial score (nSPS) is 13.9. The molecule has 0 radical (unpaired) electrons. The fourth-order valence-electron chi connectivity index (χ4n) is 4.96. The maximum absolute atomic E-state index is 12.0. The van der Waals surface area contributed by atoms with Crippen LogP contribution in [0.15, 0.2) is 60.9 Å². The smallest absolute Gasteiger partial charge is 0.300 e. The first kappa shape index (κ1) is 30.3. The van der Waals surface area contributed by atoms with Crippen molar-refractivity contribution in [3.63, 3.8) is 0 Å². The number of piperazine rings is 1. The number of hydrogen-bond acceptors (Lipinski definition) is 7. The number of ether oxygens (including phenoxy) is 2. The fourth-order valence-corrected chi connectivity index (χ4v) is 5.72.